The number of hydrogen-bond donors (Lipinski definition) is 1. The van der Waals surface area contributed by atoms with Crippen LogP contribution in [0.2, 0.25) is 5.02 Å². The molecule has 0 amide bonds. The molecule has 0 fully saturated rings. The van der Waals surface area contributed by atoms with Gasteiger partial charge in [-0.3, -0.25) is 0 Å². The van der Waals surface area contributed by atoms with E-state index in [1.54, 1.807) is 0 Å². The summed E-state index contributed by atoms with van der Waals surface area (Å²) in [6.45, 7) is 3.65. The topological polar surface area (TPSA) is 21.3 Å². The predicted octanol–water partition coefficient (Wildman–Crippen LogP) is 3.42. The molecule has 0 heterocycles. The van der Waals surface area contributed by atoms with Crippen molar-refractivity contribution in [1.29, 1.82) is 0 Å². The van der Waals surface area contributed by atoms with E-state index in [9.17, 15) is 0 Å². The van der Waals surface area contributed by atoms with Gasteiger partial charge < -0.3 is 10.1 Å². The number of halogens is 1. The first-order chi connectivity index (χ1) is 7.77. The zero-order chi connectivity index (χ0) is 11.8. The summed E-state index contributed by atoms with van der Waals surface area (Å²) in [4.78, 5) is 0. The molecule has 3 heteroatoms. The molecule has 0 spiro atoms. The van der Waals surface area contributed by atoms with Gasteiger partial charge in [0.2, 0.25) is 0 Å². The van der Waals surface area contributed by atoms with Gasteiger partial charge in [0.15, 0.2) is 0 Å². The number of benzene rings is 1. The monoisotopic (exact) mass is 241 g/mol. The van der Waals surface area contributed by atoms with E-state index in [4.69, 9.17) is 16.3 Å². The average molecular weight is 242 g/mol. The van der Waals surface area contributed by atoms with Crippen LogP contribution in [0.3, 0.4) is 0 Å². The van der Waals surface area contributed by atoms with E-state index in [2.05, 4.69) is 17.4 Å². The largest absolute Gasteiger partial charge is 0.382 e. The zero-order valence-corrected chi connectivity index (χ0v) is 10.8. The maximum Gasteiger partial charge on any atom is 0.0466 e. The Balaban J connectivity index is 2.44. The van der Waals surface area contributed by atoms with Crippen molar-refractivity contribution in [2.75, 3.05) is 20.3 Å². The van der Waals surface area contributed by atoms with Crippen molar-refractivity contribution < 1.29 is 4.74 Å². The first-order valence-electron chi connectivity index (χ1n) is 5.78. The molecule has 2 nitrogen and oxygen atoms in total. The molecule has 0 aromatic heterocycles. The fourth-order valence-corrected chi connectivity index (χ4v) is 1.83. The number of ether oxygens (including phenoxy) is 1. The molecule has 0 bridgehead atoms. The Morgan fingerprint density at radius 3 is 2.56 bits per heavy atom. The lowest BCUT2D eigenvalue weighted by atomic mass is 10.0. The summed E-state index contributed by atoms with van der Waals surface area (Å²) in [5.41, 5.74) is 1.28. The summed E-state index contributed by atoms with van der Waals surface area (Å²) < 4.78 is 5.33. The molecule has 0 saturated heterocycles. The first-order valence-corrected chi connectivity index (χ1v) is 6.16. The smallest absolute Gasteiger partial charge is 0.0466 e. The van der Waals surface area contributed by atoms with Crippen molar-refractivity contribution in [3.63, 3.8) is 0 Å². The van der Waals surface area contributed by atoms with Crippen LogP contribution in [-0.2, 0) is 4.74 Å². The van der Waals surface area contributed by atoms with E-state index >= 15 is 0 Å². The van der Waals surface area contributed by atoms with Crippen LogP contribution >= 0.6 is 11.6 Å². The quantitative estimate of drug-likeness (QED) is 0.739. The second-order valence-electron chi connectivity index (χ2n) is 3.73. The Kier molecular flexibility index (Phi) is 6.46. The second-order valence-corrected chi connectivity index (χ2v) is 4.17. The van der Waals surface area contributed by atoms with Crippen molar-refractivity contribution in [1.82, 2.24) is 5.32 Å². The van der Waals surface area contributed by atoms with E-state index < -0.39 is 0 Å². The van der Waals surface area contributed by atoms with Gasteiger partial charge in [0.05, 0.1) is 0 Å². The lowest BCUT2D eigenvalue weighted by molar-refractivity contribution is 0.141. The van der Waals surface area contributed by atoms with Crippen LogP contribution < -0.4 is 5.32 Å². The summed E-state index contributed by atoms with van der Waals surface area (Å²) >= 11 is 5.86. The van der Waals surface area contributed by atoms with Gasteiger partial charge in [-0.2, -0.15) is 0 Å². The zero-order valence-electron chi connectivity index (χ0n) is 10.0. The van der Waals surface area contributed by atoms with Gasteiger partial charge in [0.1, 0.15) is 0 Å². The van der Waals surface area contributed by atoms with Crippen LogP contribution in [0.1, 0.15) is 31.4 Å². The molecule has 1 rings (SSSR count). The molecule has 1 unspecified atom stereocenters. The first kappa shape index (κ1) is 13.5. The second kappa shape index (κ2) is 7.66. The minimum atomic E-state index is 0.387. The number of rotatable bonds is 7. The lowest BCUT2D eigenvalue weighted by Gasteiger charge is -2.16. The third-order valence-corrected chi connectivity index (χ3v) is 2.86. The molecule has 1 N–H and O–H groups in total. The molecule has 0 radical (unpaired) electrons. The van der Waals surface area contributed by atoms with Gasteiger partial charge in [-0.1, -0.05) is 23.7 Å². The molecular formula is C13H20ClNO. The molecular weight excluding hydrogens is 222 g/mol. The van der Waals surface area contributed by atoms with Crippen LogP contribution in [0.5, 0.6) is 0 Å². The SMILES string of the molecule is CCOCCCC(NC)c1ccc(Cl)cc1. The normalized spacial score (nSPS) is 12.7. The van der Waals surface area contributed by atoms with Gasteiger partial charge in [0, 0.05) is 24.3 Å². The van der Waals surface area contributed by atoms with Crippen LogP contribution in [0, 0.1) is 0 Å². The number of nitrogens with one attached hydrogen (secondary N) is 1. The molecule has 16 heavy (non-hydrogen) atoms. The summed E-state index contributed by atoms with van der Waals surface area (Å²) in [6, 6.07) is 8.40. The molecule has 1 aromatic carbocycles. The van der Waals surface area contributed by atoms with Crippen molar-refractivity contribution in [2.45, 2.75) is 25.8 Å². The summed E-state index contributed by atoms with van der Waals surface area (Å²) in [6.07, 6.45) is 2.15. The van der Waals surface area contributed by atoms with E-state index in [0.717, 1.165) is 31.1 Å². The highest BCUT2D eigenvalue weighted by atomic mass is 35.5. The standard InChI is InChI=1S/C13H20ClNO/c1-3-16-10-4-5-13(15-2)11-6-8-12(14)9-7-11/h6-9,13,15H,3-5,10H2,1-2H3. The highest BCUT2D eigenvalue weighted by Crippen LogP contribution is 2.20. The Morgan fingerprint density at radius 1 is 1.31 bits per heavy atom. The Labute approximate surface area is 103 Å². The van der Waals surface area contributed by atoms with Crippen molar-refractivity contribution in [2.24, 2.45) is 0 Å². The summed E-state index contributed by atoms with van der Waals surface area (Å²) in [5, 5.41) is 4.10. The van der Waals surface area contributed by atoms with E-state index in [1.165, 1.54) is 5.56 Å². The van der Waals surface area contributed by atoms with Gasteiger partial charge >= 0.3 is 0 Å². The van der Waals surface area contributed by atoms with E-state index in [0.29, 0.717) is 6.04 Å². The lowest BCUT2D eigenvalue weighted by Crippen LogP contribution is -2.16. The molecule has 90 valence electrons. The molecule has 0 aliphatic carbocycles. The van der Waals surface area contributed by atoms with E-state index in [-0.39, 0.29) is 0 Å². The van der Waals surface area contributed by atoms with Gasteiger partial charge in [-0.25, -0.2) is 0 Å². The maximum absolute atomic E-state index is 5.86. The Morgan fingerprint density at radius 2 is 2.00 bits per heavy atom. The highest BCUT2D eigenvalue weighted by Gasteiger charge is 2.08. The van der Waals surface area contributed by atoms with Crippen LogP contribution in [0.4, 0.5) is 0 Å². The maximum atomic E-state index is 5.86. The number of hydrogen-bond acceptors (Lipinski definition) is 2. The minimum Gasteiger partial charge on any atom is -0.382 e. The minimum absolute atomic E-state index is 0.387. The molecule has 0 aliphatic heterocycles. The van der Waals surface area contributed by atoms with Crippen LogP contribution in [0.15, 0.2) is 24.3 Å². The molecule has 0 aliphatic rings. The Bertz CT molecular complexity index is 286. The van der Waals surface area contributed by atoms with Crippen molar-refractivity contribution in [3.8, 4) is 0 Å². The van der Waals surface area contributed by atoms with Gasteiger partial charge in [-0.05, 0) is 44.5 Å². The average Bonchev–Trinajstić information content (AvgIpc) is 2.31. The Hall–Kier alpha value is -0.570. The summed E-state index contributed by atoms with van der Waals surface area (Å²) in [5.74, 6) is 0. The fraction of sp³-hybridized carbons (Fsp3) is 0.538. The van der Waals surface area contributed by atoms with Crippen molar-refractivity contribution in [3.05, 3.63) is 34.9 Å². The van der Waals surface area contributed by atoms with Crippen molar-refractivity contribution >= 4 is 11.6 Å². The molecule has 1 atom stereocenters. The molecule has 0 saturated carbocycles. The summed E-state index contributed by atoms with van der Waals surface area (Å²) in [7, 11) is 1.99. The third-order valence-electron chi connectivity index (χ3n) is 2.61. The highest BCUT2D eigenvalue weighted by molar-refractivity contribution is 6.30. The molecule has 1 aromatic rings. The van der Waals surface area contributed by atoms with Crippen LogP contribution in [-0.4, -0.2) is 20.3 Å². The fourth-order valence-electron chi connectivity index (χ4n) is 1.71. The third kappa shape index (κ3) is 4.52. The van der Waals surface area contributed by atoms with E-state index in [1.807, 2.05) is 26.1 Å². The van der Waals surface area contributed by atoms with Gasteiger partial charge in [0.25, 0.3) is 0 Å². The van der Waals surface area contributed by atoms with Gasteiger partial charge in [-0.15, -0.1) is 0 Å². The predicted molar refractivity (Wildman–Crippen MR) is 69.0 cm³/mol. The van der Waals surface area contributed by atoms with Crippen LogP contribution in [0.25, 0.3) is 0 Å².